The lowest BCUT2D eigenvalue weighted by Crippen LogP contribution is -2.30. The van der Waals surface area contributed by atoms with Crippen LogP contribution in [0.3, 0.4) is 0 Å². The van der Waals surface area contributed by atoms with Crippen molar-refractivity contribution in [2.45, 2.75) is 290 Å². The van der Waals surface area contributed by atoms with Crippen LogP contribution in [0.2, 0.25) is 0 Å². The fourth-order valence-corrected chi connectivity index (χ4v) is 8.07. The number of ether oxygens (including phenoxy) is 3. The van der Waals surface area contributed by atoms with Crippen LogP contribution in [0.5, 0.6) is 0 Å². The van der Waals surface area contributed by atoms with Gasteiger partial charge in [-0.25, -0.2) is 0 Å². The van der Waals surface area contributed by atoms with Gasteiger partial charge < -0.3 is 14.2 Å². The van der Waals surface area contributed by atoms with Crippen LogP contribution in [-0.2, 0) is 28.6 Å². The highest BCUT2D eigenvalue weighted by atomic mass is 16.6. The Morgan fingerprint density at radius 3 is 0.941 bits per heavy atom. The van der Waals surface area contributed by atoms with Crippen molar-refractivity contribution < 1.29 is 28.6 Å². The predicted octanol–water partition coefficient (Wildman–Crippen LogP) is 19.4. The second kappa shape index (κ2) is 56.4. The number of esters is 3. The van der Waals surface area contributed by atoms with E-state index >= 15 is 0 Å². The third kappa shape index (κ3) is 53.8. The third-order valence-electron chi connectivity index (χ3n) is 12.4. The van der Waals surface area contributed by atoms with Crippen LogP contribution in [0.1, 0.15) is 284 Å². The largest absolute Gasteiger partial charge is 0.462 e. The topological polar surface area (TPSA) is 78.9 Å². The molecule has 6 heteroatoms. The van der Waals surface area contributed by atoms with Gasteiger partial charge in [0.05, 0.1) is 0 Å². The first-order valence-corrected chi connectivity index (χ1v) is 28.9. The van der Waals surface area contributed by atoms with E-state index in [1.165, 1.54) is 154 Å². The summed E-state index contributed by atoms with van der Waals surface area (Å²) in [6, 6.07) is 0. The van der Waals surface area contributed by atoms with Crippen molar-refractivity contribution in [3.05, 3.63) is 72.9 Å². The average Bonchev–Trinajstić information content (AvgIpc) is 3.34. The lowest BCUT2D eigenvalue weighted by atomic mass is 10.1. The molecule has 1 unspecified atom stereocenters. The fourth-order valence-electron chi connectivity index (χ4n) is 8.07. The molecular weight excluding hydrogens is 841 g/mol. The normalized spacial score (nSPS) is 12.6. The summed E-state index contributed by atoms with van der Waals surface area (Å²) >= 11 is 0. The van der Waals surface area contributed by atoms with Crippen LogP contribution in [0, 0.1) is 0 Å². The van der Waals surface area contributed by atoms with E-state index in [-0.39, 0.29) is 37.5 Å². The fraction of sp³-hybridized carbons (Fsp3) is 0.758. The van der Waals surface area contributed by atoms with Gasteiger partial charge in [-0.15, -0.1) is 0 Å². The second-order valence-corrected chi connectivity index (χ2v) is 19.2. The molecule has 0 saturated carbocycles. The molecule has 0 aromatic carbocycles. The predicted molar refractivity (Wildman–Crippen MR) is 293 cm³/mol. The number of unbranched alkanes of at least 4 members (excludes halogenated alkanes) is 29. The summed E-state index contributed by atoms with van der Waals surface area (Å²) in [4.78, 5) is 38.1. The monoisotopic (exact) mass is 949 g/mol. The smallest absolute Gasteiger partial charge is 0.306 e. The highest BCUT2D eigenvalue weighted by molar-refractivity contribution is 5.71. The summed E-state index contributed by atoms with van der Waals surface area (Å²) in [5.41, 5.74) is 0. The summed E-state index contributed by atoms with van der Waals surface area (Å²) in [6.45, 7) is 6.49. The zero-order valence-corrected chi connectivity index (χ0v) is 44.9. The molecule has 0 radical (unpaired) electrons. The maximum atomic E-state index is 12.8. The van der Waals surface area contributed by atoms with Gasteiger partial charge in [0, 0.05) is 19.3 Å². The molecule has 0 aromatic heterocycles. The molecule has 0 aliphatic carbocycles. The van der Waals surface area contributed by atoms with Crippen molar-refractivity contribution in [2.24, 2.45) is 0 Å². The Labute approximate surface area is 421 Å². The highest BCUT2D eigenvalue weighted by Crippen LogP contribution is 2.15. The van der Waals surface area contributed by atoms with Gasteiger partial charge in [0.15, 0.2) is 6.10 Å². The summed E-state index contributed by atoms with van der Waals surface area (Å²) < 4.78 is 16.8. The molecule has 0 aliphatic heterocycles. The Balaban J connectivity index is 4.39. The Morgan fingerprint density at radius 2 is 0.574 bits per heavy atom. The van der Waals surface area contributed by atoms with Gasteiger partial charge in [-0.3, -0.25) is 14.4 Å². The minimum atomic E-state index is -0.801. The van der Waals surface area contributed by atoms with Crippen molar-refractivity contribution in [1.29, 1.82) is 0 Å². The van der Waals surface area contributed by atoms with Gasteiger partial charge in [-0.2, -0.15) is 0 Å². The highest BCUT2D eigenvalue weighted by Gasteiger charge is 2.19. The van der Waals surface area contributed by atoms with Gasteiger partial charge in [-0.05, 0) is 109 Å². The van der Waals surface area contributed by atoms with Crippen molar-refractivity contribution in [3.8, 4) is 0 Å². The molecule has 0 heterocycles. The first-order valence-electron chi connectivity index (χ1n) is 28.9. The lowest BCUT2D eigenvalue weighted by molar-refractivity contribution is -0.167. The molecule has 6 nitrogen and oxygen atoms in total. The summed E-state index contributed by atoms with van der Waals surface area (Å²) in [5.74, 6) is -0.941. The van der Waals surface area contributed by atoms with Gasteiger partial charge >= 0.3 is 17.9 Å². The van der Waals surface area contributed by atoms with E-state index in [0.29, 0.717) is 19.3 Å². The Hall–Kier alpha value is -3.15. The number of carbonyl (C=O) groups excluding carboxylic acids is 3. The molecule has 0 fully saturated rings. The van der Waals surface area contributed by atoms with Crippen molar-refractivity contribution in [1.82, 2.24) is 0 Å². The van der Waals surface area contributed by atoms with Crippen LogP contribution < -0.4 is 0 Å². The van der Waals surface area contributed by atoms with E-state index in [4.69, 9.17) is 14.2 Å². The summed E-state index contributed by atoms with van der Waals surface area (Å²) in [6.07, 6.45) is 71.8. The maximum absolute atomic E-state index is 12.8. The van der Waals surface area contributed by atoms with E-state index < -0.39 is 6.10 Å². The molecule has 0 bridgehead atoms. The van der Waals surface area contributed by atoms with Crippen LogP contribution in [0.4, 0.5) is 0 Å². The van der Waals surface area contributed by atoms with Crippen LogP contribution in [0.25, 0.3) is 0 Å². The van der Waals surface area contributed by atoms with Gasteiger partial charge in [0.2, 0.25) is 0 Å². The third-order valence-corrected chi connectivity index (χ3v) is 12.4. The first-order chi connectivity index (χ1) is 33.5. The minimum Gasteiger partial charge on any atom is -0.462 e. The van der Waals surface area contributed by atoms with Crippen molar-refractivity contribution in [3.63, 3.8) is 0 Å². The molecule has 0 N–H and O–H groups in total. The Kier molecular flexibility index (Phi) is 53.8. The Morgan fingerprint density at radius 1 is 0.309 bits per heavy atom. The van der Waals surface area contributed by atoms with E-state index in [2.05, 4.69) is 93.7 Å². The minimum absolute atomic E-state index is 0.0951. The summed E-state index contributed by atoms with van der Waals surface area (Å²) in [5, 5.41) is 0. The number of carbonyl (C=O) groups is 3. The number of rotatable bonds is 52. The lowest BCUT2D eigenvalue weighted by Gasteiger charge is -2.18. The number of hydrogen-bond donors (Lipinski definition) is 0. The molecule has 0 aromatic rings. The number of hydrogen-bond acceptors (Lipinski definition) is 6. The van der Waals surface area contributed by atoms with E-state index in [1.54, 1.807) is 0 Å². The zero-order chi connectivity index (χ0) is 49.3. The average molecular weight is 950 g/mol. The molecule has 68 heavy (non-hydrogen) atoms. The molecule has 0 aliphatic rings. The number of allylic oxidation sites excluding steroid dienone is 12. The standard InChI is InChI=1S/C62H108O6/c1-4-7-10-13-16-19-22-25-28-29-30-31-32-33-35-37-40-43-46-49-52-55-61(64)67-58-59(57-66-60(63)54-51-48-45-42-39-36-27-24-21-18-15-12-9-6-3)68-62(65)56-53-50-47-44-41-38-34-26-23-20-17-14-11-8-5-2/h8,11,17,20,24,26-27,29-30,34,41,44,59H,4-7,9-10,12-16,18-19,21-23,25,28,31-33,35-40,42-43,45-58H2,1-3H3/b11-8-,20-17-,27-24-,30-29-,34-26-,44-41-. The Bertz CT molecular complexity index is 1270. The molecule has 0 saturated heterocycles. The maximum Gasteiger partial charge on any atom is 0.306 e. The molecule has 0 amide bonds. The van der Waals surface area contributed by atoms with E-state index in [0.717, 1.165) is 83.5 Å². The van der Waals surface area contributed by atoms with Crippen molar-refractivity contribution in [2.75, 3.05) is 13.2 Å². The molecule has 0 rings (SSSR count). The first kappa shape index (κ1) is 64.8. The van der Waals surface area contributed by atoms with Crippen LogP contribution >= 0.6 is 0 Å². The zero-order valence-electron chi connectivity index (χ0n) is 44.9. The van der Waals surface area contributed by atoms with Gasteiger partial charge in [0.1, 0.15) is 13.2 Å². The molecule has 0 spiro atoms. The van der Waals surface area contributed by atoms with Crippen LogP contribution in [0.15, 0.2) is 72.9 Å². The van der Waals surface area contributed by atoms with E-state index in [1.807, 2.05) is 0 Å². The van der Waals surface area contributed by atoms with Crippen LogP contribution in [-0.4, -0.2) is 37.2 Å². The SMILES string of the molecule is CC/C=C\C/C=C\C/C=C\C/C=C\CCCCC(=O)OC(COC(=O)CCCCCCC/C=C\CCCCCCC)COC(=O)CCCCCCCCCCC/C=C\CCCCCCCCCC. The van der Waals surface area contributed by atoms with E-state index in [9.17, 15) is 14.4 Å². The van der Waals surface area contributed by atoms with Crippen molar-refractivity contribution >= 4 is 17.9 Å². The summed E-state index contributed by atoms with van der Waals surface area (Å²) in [7, 11) is 0. The molecular formula is C62H108O6. The van der Waals surface area contributed by atoms with Gasteiger partial charge in [0.25, 0.3) is 0 Å². The van der Waals surface area contributed by atoms with Gasteiger partial charge in [-0.1, -0.05) is 229 Å². The molecule has 392 valence electrons. The quantitative estimate of drug-likeness (QED) is 0.0262. The molecule has 1 atom stereocenters. The second-order valence-electron chi connectivity index (χ2n) is 19.2.